The molecular weight excluding hydrogens is 254 g/mol. The summed E-state index contributed by atoms with van der Waals surface area (Å²) in [5, 5.41) is 3.33. The topological polar surface area (TPSA) is 51.5 Å². The molecule has 20 heavy (non-hydrogen) atoms. The predicted octanol–water partition coefficient (Wildman–Crippen LogP) is 2.91. The number of hydrogen-bond acceptors (Lipinski definition) is 4. The van der Waals surface area contributed by atoms with E-state index >= 15 is 0 Å². The van der Waals surface area contributed by atoms with Crippen LogP contribution in [0.5, 0.6) is 0 Å². The fourth-order valence-electron chi connectivity index (χ4n) is 2.04. The Morgan fingerprint density at radius 2 is 2.05 bits per heavy atom. The van der Waals surface area contributed by atoms with Gasteiger partial charge in [0, 0.05) is 6.54 Å². The van der Waals surface area contributed by atoms with E-state index in [4.69, 9.17) is 9.15 Å². The molecule has 0 amide bonds. The average Bonchev–Trinajstić information content (AvgIpc) is 2.99. The van der Waals surface area contributed by atoms with Crippen LogP contribution in [0.25, 0.3) is 0 Å². The maximum atomic E-state index is 11.4. The van der Waals surface area contributed by atoms with E-state index in [1.807, 2.05) is 42.5 Å². The minimum Gasteiger partial charge on any atom is -0.467 e. The van der Waals surface area contributed by atoms with Gasteiger partial charge in [-0.1, -0.05) is 30.3 Å². The molecule has 0 bridgehead atoms. The minimum atomic E-state index is -0.189. The van der Waals surface area contributed by atoms with E-state index in [2.05, 4.69) is 5.32 Å². The number of carbonyl (C=O) groups is 1. The Balaban J connectivity index is 2.00. The number of benzene rings is 1. The molecular formula is C16H19NO3. The van der Waals surface area contributed by atoms with Crippen LogP contribution in [0.2, 0.25) is 0 Å². The average molecular weight is 273 g/mol. The lowest BCUT2D eigenvalue weighted by atomic mass is 10.0. The Hall–Kier alpha value is -2.07. The van der Waals surface area contributed by atoms with Crippen LogP contribution in [0.3, 0.4) is 0 Å². The SMILES string of the molecule is CCOC(=O)CCNC(c1ccccc1)c1ccco1. The summed E-state index contributed by atoms with van der Waals surface area (Å²) in [4.78, 5) is 11.4. The van der Waals surface area contributed by atoms with Crippen molar-refractivity contribution in [1.82, 2.24) is 5.32 Å². The highest BCUT2D eigenvalue weighted by Crippen LogP contribution is 2.22. The van der Waals surface area contributed by atoms with Crippen LogP contribution in [-0.4, -0.2) is 19.1 Å². The molecule has 0 saturated heterocycles. The summed E-state index contributed by atoms with van der Waals surface area (Å²) >= 11 is 0. The summed E-state index contributed by atoms with van der Waals surface area (Å²) in [6.45, 7) is 2.76. The molecule has 0 aliphatic rings. The summed E-state index contributed by atoms with van der Waals surface area (Å²) in [6, 6.07) is 13.7. The minimum absolute atomic E-state index is 0.0550. The Labute approximate surface area is 118 Å². The molecule has 4 heteroatoms. The third-order valence-corrected chi connectivity index (χ3v) is 2.94. The molecule has 0 spiro atoms. The molecule has 0 fully saturated rings. The van der Waals surface area contributed by atoms with Crippen LogP contribution in [0.1, 0.15) is 30.7 Å². The smallest absolute Gasteiger partial charge is 0.307 e. The predicted molar refractivity (Wildman–Crippen MR) is 76.2 cm³/mol. The molecule has 0 saturated carbocycles. The molecule has 2 rings (SSSR count). The summed E-state index contributed by atoms with van der Waals surface area (Å²) < 4.78 is 10.4. The zero-order chi connectivity index (χ0) is 14.2. The molecule has 1 aromatic carbocycles. The van der Waals surface area contributed by atoms with Crippen LogP contribution < -0.4 is 5.32 Å². The van der Waals surface area contributed by atoms with Crippen molar-refractivity contribution in [2.45, 2.75) is 19.4 Å². The van der Waals surface area contributed by atoms with Crippen LogP contribution in [0.15, 0.2) is 53.1 Å². The van der Waals surface area contributed by atoms with Crippen molar-refractivity contribution in [1.29, 1.82) is 0 Å². The van der Waals surface area contributed by atoms with Crippen molar-refractivity contribution >= 4 is 5.97 Å². The first-order valence-electron chi connectivity index (χ1n) is 6.78. The lowest BCUT2D eigenvalue weighted by Crippen LogP contribution is -2.25. The normalized spacial score (nSPS) is 12.1. The van der Waals surface area contributed by atoms with Gasteiger partial charge < -0.3 is 14.5 Å². The standard InChI is InChI=1S/C16H19NO3/c1-2-19-15(18)10-11-17-16(14-9-6-12-20-14)13-7-4-3-5-8-13/h3-9,12,16-17H,2,10-11H2,1H3. The van der Waals surface area contributed by atoms with Crippen molar-refractivity contribution < 1.29 is 13.9 Å². The first-order valence-corrected chi connectivity index (χ1v) is 6.78. The van der Waals surface area contributed by atoms with Crippen molar-refractivity contribution in [2.75, 3.05) is 13.2 Å². The van der Waals surface area contributed by atoms with Crippen molar-refractivity contribution in [3.63, 3.8) is 0 Å². The van der Waals surface area contributed by atoms with Crippen molar-refractivity contribution in [3.8, 4) is 0 Å². The molecule has 0 aliphatic heterocycles. The maximum absolute atomic E-state index is 11.4. The van der Waals surface area contributed by atoms with Gasteiger partial charge in [-0.05, 0) is 24.6 Å². The highest BCUT2D eigenvalue weighted by atomic mass is 16.5. The van der Waals surface area contributed by atoms with Gasteiger partial charge in [-0.15, -0.1) is 0 Å². The summed E-state index contributed by atoms with van der Waals surface area (Å²) in [6.07, 6.45) is 2.00. The number of furan rings is 1. The fraction of sp³-hybridized carbons (Fsp3) is 0.312. The first-order chi connectivity index (χ1) is 9.81. The highest BCUT2D eigenvalue weighted by molar-refractivity contribution is 5.69. The molecule has 0 radical (unpaired) electrons. The van der Waals surface area contributed by atoms with Gasteiger partial charge in [0.1, 0.15) is 5.76 Å². The van der Waals surface area contributed by atoms with Crippen molar-refractivity contribution in [2.24, 2.45) is 0 Å². The van der Waals surface area contributed by atoms with E-state index in [0.717, 1.165) is 11.3 Å². The van der Waals surface area contributed by atoms with Crippen LogP contribution in [-0.2, 0) is 9.53 Å². The van der Waals surface area contributed by atoms with Crippen LogP contribution >= 0.6 is 0 Å². The summed E-state index contributed by atoms with van der Waals surface area (Å²) in [5.74, 6) is 0.645. The molecule has 1 N–H and O–H groups in total. The zero-order valence-electron chi connectivity index (χ0n) is 11.5. The van der Waals surface area contributed by atoms with E-state index in [1.165, 1.54) is 0 Å². The zero-order valence-corrected chi connectivity index (χ0v) is 11.5. The van der Waals surface area contributed by atoms with Gasteiger partial charge >= 0.3 is 5.97 Å². The lowest BCUT2D eigenvalue weighted by molar-refractivity contribution is -0.143. The quantitative estimate of drug-likeness (QED) is 0.788. The third kappa shape index (κ3) is 3.96. The Morgan fingerprint density at radius 1 is 1.25 bits per heavy atom. The number of carbonyl (C=O) groups excluding carboxylic acids is 1. The van der Waals surface area contributed by atoms with E-state index in [9.17, 15) is 4.79 Å². The summed E-state index contributed by atoms with van der Waals surface area (Å²) in [5.41, 5.74) is 1.10. The van der Waals surface area contributed by atoms with E-state index < -0.39 is 0 Å². The molecule has 106 valence electrons. The van der Waals surface area contributed by atoms with E-state index in [0.29, 0.717) is 19.6 Å². The third-order valence-electron chi connectivity index (χ3n) is 2.94. The fourth-order valence-corrected chi connectivity index (χ4v) is 2.04. The second-order valence-corrected chi connectivity index (χ2v) is 4.37. The largest absolute Gasteiger partial charge is 0.467 e. The van der Waals surface area contributed by atoms with Gasteiger partial charge in [0.2, 0.25) is 0 Å². The monoisotopic (exact) mass is 273 g/mol. The molecule has 1 unspecified atom stereocenters. The van der Waals surface area contributed by atoms with Gasteiger partial charge in [-0.2, -0.15) is 0 Å². The molecule has 1 atom stereocenters. The number of hydrogen-bond donors (Lipinski definition) is 1. The Kier molecular flexibility index (Phi) is 5.38. The Morgan fingerprint density at radius 3 is 2.70 bits per heavy atom. The van der Waals surface area contributed by atoms with Gasteiger partial charge in [-0.3, -0.25) is 4.79 Å². The molecule has 1 aromatic heterocycles. The maximum Gasteiger partial charge on any atom is 0.307 e. The molecule has 1 heterocycles. The lowest BCUT2D eigenvalue weighted by Gasteiger charge is -2.16. The summed E-state index contributed by atoms with van der Waals surface area (Å²) in [7, 11) is 0. The van der Waals surface area contributed by atoms with Gasteiger partial charge in [0.05, 0.1) is 25.3 Å². The second kappa shape index (κ2) is 7.50. The van der Waals surface area contributed by atoms with Gasteiger partial charge in [-0.25, -0.2) is 0 Å². The second-order valence-electron chi connectivity index (χ2n) is 4.37. The van der Waals surface area contributed by atoms with Crippen molar-refractivity contribution in [3.05, 3.63) is 60.1 Å². The van der Waals surface area contributed by atoms with E-state index in [-0.39, 0.29) is 12.0 Å². The van der Waals surface area contributed by atoms with Gasteiger partial charge in [0.15, 0.2) is 0 Å². The molecule has 0 aliphatic carbocycles. The number of rotatable bonds is 7. The molecule has 2 aromatic rings. The number of ether oxygens (including phenoxy) is 1. The van der Waals surface area contributed by atoms with Crippen LogP contribution in [0, 0.1) is 0 Å². The first kappa shape index (κ1) is 14.3. The van der Waals surface area contributed by atoms with Gasteiger partial charge in [0.25, 0.3) is 0 Å². The Bertz CT molecular complexity index is 508. The number of nitrogens with one attached hydrogen (secondary N) is 1. The number of esters is 1. The van der Waals surface area contributed by atoms with Crippen LogP contribution in [0.4, 0.5) is 0 Å². The highest BCUT2D eigenvalue weighted by Gasteiger charge is 2.16. The van der Waals surface area contributed by atoms with E-state index in [1.54, 1.807) is 13.2 Å². The molecule has 4 nitrogen and oxygen atoms in total.